The lowest BCUT2D eigenvalue weighted by atomic mass is 10.1. The molecular formula is C11H12N2O3. The lowest BCUT2D eigenvalue weighted by Crippen LogP contribution is -2.28. The number of carboxylic acid groups (broad SMARTS) is 1. The first-order chi connectivity index (χ1) is 7.68. The molecule has 5 heteroatoms. The van der Waals surface area contributed by atoms with Gasteiger partial charge in [-0.05, 0) is 11.6 Å². The normalized spacial score (nSPS) is 15.0. The smallest absolute Gasteiger partial charge is 0.336 e. The largest absolute Gasteiger partial charge is 0.478 e. The van der Waals surface area contributed by atoms with Gasteiger partial charge in [0.1, 0.15) is 0 Å². The van der Waals surface area contributed by atoms with E-state index in [0.717, 1.165) is 0 Å². The summed E-state index contributed by atoms with van der Waals surface area (Å²) in [4.78, 5) is 23.9. The number of nitrogens with one attached hydrogen (secondary N) is 1. The quantitative estimate of drug-likeness (QED) is 0.795. The van der Waals surface area contributed by atoms with Crippen LogP contribution in [0.4, 0.5) is 4.79 Å². The van der Waals surface area contributed by atoms with E-state index in [2.05, 4.69) is 5.32 Å². The number of rotatable bonds is 3. The Hall–Kier alpha value is -2.04. The Bertz CT molecular complexity index is 431. The molecule has 2 amide bonds. The first kappa shape index (κ1) is 10.5. The summed E-state index contributed by atoms with van der Waals surface area (Å²) in [5.41, 5.74) is 0.911. The maximum absolute atomic E-state index is 11.3. The van der Waals surface area contributed by atoms with E-state index >= 15 is 0 Å². The molecule has 1 aliphatic heterocycles. The molecule has 0 aliphatic carbocycles. The average molecular weight is 220 g/mol. The van der Waals surface area contributed by atoms with Gasteiger partial charge in [-0.15, -0.1) is 0 Å². The molecule has 1 aromatic rings. The van der Waals surface area contributed by atoms with Crippen LogP contribution in [0.15, 0.2) is 24.3 Å². The topological polar surface area (TPSA) is 69.6 Å². The predicted molar refractivity (Wildman–Crippen MR) is 57.2 cm³/mol. The van der Waals surface area contributed by atoms with Crippen molar-refractivity contribution in [1.29, 1.82) is 0 Å². The molecule has 1 aliphatic rings. The highest BCUT2D eigenvalue weighted by Gasteiger charge is 2.21. The molecule has 1 heterocycles. The highest BCUT2D eigenvalue weighted by atomic mass is 16.4. The van der Waals surface area contributed by atoms with Crippen LogP contribution in [0.25, 0.3) is 0 Å². The minimum atomic E-state index is -0.963. The number of benzene rings is 1. The third-order valence-corrected chi connectivity index (χ3v) is 2.55. The number of hydrogen-bond acceptors (Lipinski definition) is 2. The zero-order valence-electron chi connectivity index (χ0n) is 8.64. The molecule has 1 aromatic carbocycles. The molecule has 1 fully saturated rings. The Kier molecular flexibility index (Phi) is 2.76. The molecule has 5 nitrogen and oxygen atoms in total. The van der Waals surface area contributed by atoms with Gasteiger partial charge in [0.15, 0.2) is 0 Å². The van der Waals surface area contributed by atoms with Gasteiger partial charge in [0.2, 0.25) is 0 Å². The fraction of sp³-hybridized carbons (Fsp3) is 0.273. The van der Waals surface area contributed by atoms with Crippen molar-refractivity contribution in [1.82, 2.24) is 10.2 Å². The fourth-order valence-electron chi connectivity index (χ4n) is 1.73. The summed E-state index contributed by atoms with van der Waals surface area (Å²) in [6, 6.07) is 6.59. The second-order valence-electron chi connectivity index (χ2n) is 3.62. The van der Waals surface area contributed by atoms with Crippen molar-refractivity contribution in [3.63, 3.8) is 0 Å². The van der Waals surface area contributed by atoms with Crippen molar-refractivity contribution in [2.45, 2.75) is 6.54 Å². The van der Waals surface area contributed by atoms with Gasteiger partial charge in [0.05, 0.1) is 5.56 Å². The van der Waals surface area contributed by atoms with E-state index in [9.17, 15) is 9.59 Å². The van der Waals surface area contributed by atoms with Crippen LogP contribution >= 0.6 is 0 Å². The van der Waals surface area contributed by atoms with Crippen molar-refractivity contribution >= 4 is 12.0 Å². The highest BCUT2D eigenvalue weighted by Crippen LogP contribution is 2.13. The van der Waals surface area contributed by atoms with Crippen molar-refractivity contribution in [3.05, 3.63) is 35.4 Å². The zero-order chi connectivity index (χ0) is 11.5. The Morgan fingerprint density at radius 2 is 2.19 bits per heavy atom. The summed E-state index contributed by atoms with van der Waals surface area (Å²) in [5, 5.41) is 11.7. The van der Waals surface area contributed by atoms with Crippen LogP contribution < -0.4 is 5.32 Å². The molecule has 84 valence electrons. The van der Waals surface area contributed by atoms with E-state index in [1.807, 2.05) is 0 Å². The standard InChI is InChI=1S/C11H12N2O3/c14-10(15)9-4-2-1-3-8(9)7-13-6-5-12-11(13)16/h1-4H,5-7H2,(H,12,16)(H,14,15). The highest BCUT2D eigenvalue weighted by molar-refractivity contribution is 5.89. The van der Waals surface area contributed by atoms with Crippen molar-refractivity contribution in [2.24, 2.45) is 0 Å². The van der Waals surface area contributed by atoms with Crippen LogP contribution in [-0.4, -0.2) is 35.1 Å². The molecule has 0 bridgehead atoms. The van der Waals surface area contributed by atoms with Crippen LogP contribution in [0.5, 0.6) is 0 Å². The summed E-state index contributed by atoms with van der Waals surface area (Å²) in [5.74, 6) is -0.963. The van der Waals surface area contributed by atoms with E-state index in [1.165, 1.54) is 0 Å². The predicted octanol–water partition coefficient (Wildman–Crippen LogP) is 0.910. The summed E-state index contributed by atoms with van der Waals surface area (Å²) in [6.45, 7) is 1.58. The van der Waals surface area contributed by atoms with Crippen LogP contribution in [0, 0.1) is 0 Å². The van der Waals surface area contributed by atoms with Gasteiger partial charge in [-0.25, -0.2) is 9.59 Å². The van der Waals surface area contributed by atoms with Gasteiger partial charge < -0.3 is 15.3 Å². The van der Waals surface area contributed by atoms with E-state index < -0.39 is 5.97 Å². The summed E-state index contributed by atoms with van der Waals surface area (Å²) >= 11 is 0. The molecule has 0 radical (unpaired) electrons. The SMILES string of the molecule is O=C(O)c1ccccc1CN1CCNC1=O. The van der Waals surface area contributed by atoms with Gasteiger partial charge in [-0.2, -0.15) is 0 Å². The average Bonchev–Trinajstić information content (AvgIpc) is 2.65. The van der Waals surface area contributed by atoms with E-state index in [0.29, 0.717) is 25.2 Å². The van der Waals surface area contributed by atoms with Gasteiger partial charge in [-0.3, -0.25) is 0 Å². The number of nitrogens with zero attached hydrogens (tertiary/aromatic N) is 1. The molecule has 0 aromatic heterocycles. The van der Waals surface area contributed by atoms with E-state index in [-0.39, 0.29) is 11.6 Å². The van der Waals surface area contributed by atoms with Gasteiger partial charge in [0, 0.05) is 19.6 Å². The Balaban J connectivity index is 2.20. The number of hydrogen-bond donors (Lipinski definition) is 2. The summed E-state index contributed by atoms with van der Waals surface area (Å²) < 4.78 is 0. The molecule has 2 rings (SSSR count). The van der Waals surface area contributed by atoms with E-state index in [1.54, 1.807) is 29.2 Å². The molecule has 0 unspecified atom stereocenters. The van der Waals surface area contributed by atoms with E-state index in [4.69, 9.17) is 5.11 Å². The molecule has 0 spiro atoms. The number of amides is 2. The van der Waals surface area contributed by atoms with Gasteiger partial charge in [-0.1, -0.05) is 18.2 Å². The second kappa shape index (κ2) is 4.22. The Labute approximate surface area is 92.7 Å². The number of carbonyl (C=O) groups is 2. The van der Waals surface area contributed by atoms with Crippen molar-refractivity contribution in [3.8, 4) is 0 Å². The fourth-order valence-corrected chi connectivity index (χ4v) is 1.73. The molecule has 16 heavy (non-hydrogen) atoms. The minimum Gasteiger partial charge on any atom is -0.478 e. The third-order valence-electron chi connectivity index (χ3n) is 2.55. The summed E-state index contributed by atoms with van der Waals surface area (Å²) in [6.07, 6.45) is 0. The maximum Gasteiger partial charge on any atom is 0.336 e. The molecule has 2 N–H and O–H groups in total. The van der Waals surface area contributed by atoms with Crippen LogP contribution in [0.2, 0.25) is 0 Å². The lowest BCUT2D eigenvalue weighted by Gasteiger charge is -2.15. The Morgan fingerprint density at radius 1 is 1.44 bits per heavy atom. The minimum absolute atomic E-state index is 0.139. The second-order valence-corrected chi connectivity index (χ2v) is 3.62. The first-order valence-electron chi connectivity index (χ1n) is 5.02. The molecule has 0 saturated carbocycles. The Morgan fingerprint density at radius 3 is 2.81 bits per heavy atom. The lowest BCUT2D eigenvalue weighted by molar-refractivity contribution is 0.0694. The molecule has 0 atom stereocenters. The number of carbonyl (C=O) groups excluding carboxylic acids is 1. The maximum atomic E-state index is 11.3. The first-order valence-corrected chi connectivity index (χ1v) is 5.02. The monoisotopic (exact) mass is 220 g/mol. The van der Waals surface area contributed by atoms with Gasteiger partial charge in [0.25, 0.3) is 0 Å². The van der Waals surface area contributed by atoms with Crippen LogP contribution in [0.3, 0.4) is 0 Å². The summed E-state index contributed by atoms with van der Waals surface area (Å²) in [7, 11) is 0. The zero-order valence-corrected chi connectivity index (χ0v) is 8.64. The number of urea groups is 1. The number of aromatic carboxylic acids is 1. The van der Waals surface area contributed by atoms with Crippen molar-refractivity contribution < 1.29 is 14.7 Å². The van der Waals surface area contributed by atoms with Crippen LogP contribution in [-0.2, 0) is 6.54 Å². The van der Waals surface area contributed by atoms with Crippen molar-refractivity contribution in [2.75, 3.05) is 13.1 Å². The van der Waals surface area contributed by atoms with Crippen LogP contribution in [0.1, 0.15) is 15.9 Å². The molecule has 1 saturated heterocycles. The number of carboxylic acids is 1. The van der Waals surface area contributed by atoms with Gasteiger partial charge >= 0.3 is 12.0 Å². The molecular weight excluding hydrogens is 208 g/mol. The third kappa shape index (κ3) is 1.98.